The SMILES string of the molecule is CCCNC1CCC(C)CC1CN1CC(C)SC(C)C1. The highest BCUT2D eigenvalue weighted by molar-refractivity contribution is 8.00. The largest absolute Gasteiger partial charge is 0.314 e. The maximum absolute atomic E-state index is 3.82. The van der Waals surface area contributed by atoms with Crippen LogP contribution in [0.2, 0.25) is 0 Å². The van der Waals surface area contributed by atoms with Crippen LogP contribution in [0.5, 0.6) is 0 Å². The van der Waals surface area contributed by atoms with E-state index in [1.54, 1.807) is 0 Å². The zero-order valence-corrected chi connectivity index (χ0v) is 14.7. The van der Waals surface area contributed by atoms with E-state index >= 15 is 0 Å². The lowest BCUT2D eigenvalue weighted by atomic mass is 9.78. The zero-order chi connectivity index (χ0) is 14.5. The van der Waals surface area contributed by atoms with Gasteiger partial charge in [-0.1, -0.05) is 27.7 Å². The van der Waals surface area contributed by atoms with Crippen LogP contribution in [0.25, 0.3) is 0 Å². The molecule has 1 saturated heterocycles. The first-order chi connectivity index (χ1) is 9.58. The van der Waals surface area contributed by atoms with E-state index in [1.165, 1.54) is 51.9 Å². The van der Waals surface area contributed by atoms with E-state index in [9.17, 15) is 0 Å². The Morgan fingerprint density at radius 2 is 1.80 bits per heavy atom. The van der Waals surface area contributed by atoms with Crippen molar-refractivity contribution in [1.82, 2.24) is 10.2 Å². The van der Waals surface area contributed by atoms with E-state index in [0.29, 0.717) is 0 Å². The fraction of sp³-hybridized carbons (Fsp3) is 1.00. The van der Waals surface area contributed by atoms with E-state index in [2.05, 4.69) is 49.7 Å². The van der Waals surface area contributed by atoms with Gasteiger partial charge < -0.3 is 10.2 Å². The summed E-state index contributed by atoms with van der Waals surface area (Å²) >= 11 is 2.16. The molecule has 5 unspecified atom stereocenters. The molecule has 2 rings (SSSR count). The minimum atomic E-state index is 0.770. The Morgan fingerprint density at radius 3 is 2.45 bits per heavy atom. The first kappa shape index (κ1) is 16.6. The Hall–Kier alpha value is 0.270. The summed E-state index contributed by atoms with van der Waals surface area (Å²) in [6, 6.07) is 0.770. The van der Waals surface area contributed by atoms with Gasteiger partial charge in [-0.2, -0.15) is 11.8 Å². The summed E-state index contributed by atoms with van der Waals surface area (Å²) < 4.78 is 0. The zero-order valence-electron chi connectivity index (χ0n) is 13.9. The second kappa shape index (κ2) is 8.05. The fourth-order valence-corrected chi connectivity index (χ4v) is 5.45. The van der Waals surface area contributed by atoms with Crippen molar-refractivity contribution in [2.24, 2.45) is 11.8 Å². The van der Waals surface area contributed by atoms with Gasteiger partial charge in [-0.15, -0.1) is 0 Å². The van der Waals surface area contributed by atoms with Crippen molar-refractivity contribution in [3.05, 3.63) is 0 Å². The molecule has 1 saturated carbocycles. The minimum absolute atomic E-state index is 0.770. The van der Waals surface area contributed by atoms with Crippen LogP contribution in [0, 0.1) is 11.8 Å². The maximum atomic E-state index is 3.82. The predicted molar refractivity (Wildman–Crippen MR) is 91.5 cm³/mol. The summed E-state index contributed by atoms with van der Waals surface area (Å²) in [5.41, 5.74) is 0. The molecule has 1 heterocycles. The molecule has 0 bridgehead atoms. The van der Waals surface area contributed by atoms with Crippen molar-refractivity contribution in [1.29, 1.82) is 0 Å². The summed E-state index contributed by atoms with van der Waals surface area (Å²) in [5.74, 6) is 1.79. The van der Waals surface area contributed by atoms with E-state index in [1.807, 2.05) is 0 Å². The van der Waals surface area contributed by atoms with Gasteiger partial charge in [0, 0.05) is 36.2 Å². The lowest BCUT2D eigenvalue weighted by Crippen LogP contribution is -2.49. The van der Waals surface area contributed by atoms with Crippen molar-refractivity contribution in [3.63, 3.8) is 0 Å². The molecule has 1 aliphatic carbocycles. The van der Waals surface area contributed by atoms with Gasteiger partial charge in [-0.05, 0) is 44.1 Å². The Labute approximate surface area is 130 Å². The first-order valence-electron chi connectivity index (χ1n) is 8.69. The molecule has 0 radical (unpaired) electrons. The standard InChI is InChI=1S/C17H34N2S/c1-5-8-18-17-7-6-13(2)9-16(17)12-19-10-14(3)20-15(4)11-19/h13-18H,5-12H2,1-4H3. The molecule has 2 fully saturated rings. The van der Waals surface area contributed by atoms with Gasteiger partial charge in [0.15, 0.2) is 0 Å². The van der Waals surface area contributed by atoms with Crippen LogP contribution in [0.4, 0.5) is 0 Å². The third-order valence-corrected chi connectivity index (χ3v) is 6.12. The van der Waals surface area contributed by atoms with Crippen LogP contribution in [-0.4, -0.2) is 47.6 Å². The van der Waals surface area contributed by atoms with Crippen molar-refractivity contribution in [2.45, 2.75) is 69.9 Å². The smallest absolute Gasteiger partial charge is 0.0149 e. The highest BCUT2D eigenvalue weighted by Gasteiger charge is 2.31. The second-order valence-corrected chi connectivity index (χ2v) is 9.10. The number of thioether (sulfide) groups is 1. The number of hydrogen-bond acceptors (Lipinski definition) is 3. The van der Waals surface area contributed by atoms with Crippen LogP contribution in [0.15, 0.2) is 0 Å². The second-order valence-electron chi connectivity index (χ2n) is 7.21. The topological polar surface area (TPSA) is 15.3 Å². The Bertz CT molecular complexity index is 272. The lowest BCUT2D eigenvalue weighted by Gasteiger charge is -2.41. The molecule has 0 aromatic carbocycles. The molecule has 20 heavy (non-hydrogen) atoms. The Kier molecular flexibility index (Phi) is 6.70. The molecule has 0 spiro atoms. The molecule has 2 nitrogen and oxygen atoms in total. The van der Waals surface area contributed by atoms with Gasteiger partial charge in [-0.25, -0.2) is 0 Å². The fourth-order valence-electron chi connectivity index (χ4n) is 4.06. The van der Waals surface area contributed by atoms with Gasteiger partial charge in [0.25, 0.3) is 0 Å². The van der Waals surface area contributed by atoms with Crippen molar-refractivity contribution >= 4 is 11.8 Å². The number of nitrogens with one attached hydrogen (secondary N) is 1. The number of rotatable bonds is 5. The van der Waals surface area contributed by atoms with E-state index in [0.717, 1.165) is 28.4 Å². The summed E-state index contributed by atoms with van der Waals surface area (Å²) in [6.45, 7) is 14.6. The van der Waals surface area contributed by atoms with Crippen LogP contribution < -0.4 is 5.32 Å². The third kappa shape index (κ3) is 4.92. The van der Waals surface area contributed by atoms with E-state index in [4.69, 9.17) is 0 Å². The highest BCUT2D eigenvalue weighted by atomic mass is 32.2. The van der Waals surface area contributed by atoms with Gasteiger partial charge in [0.1, 0.15) is 0 Å². The summed E-state index contributed by atoms with van der Waals surface area (Å²) in [5, 5.41) is 5.44. The third-order valence-electron chi connectivity index (χ3n) is 4.89. The Balaban J connectivity index is 1.89. The van der Waals surface area contributed by atoms with Crippen molar-refractivity contribution in [2.75, 3.05) is 26.2 Å². The molecule has 2 aliphatic rings. The Morgan fingerprint density at radius 1 is 1.10 bits per heavy atom. The number of hydrogen-bond donors (Lipinski definition) is 1. The monoisotopic (exact) mass is 298 g/mol. The quantitative estimate of drug-likeness (QED) is 0.834. The first-order valence-corrected chi connectivity index (χ1v) is 9.64. The predicted octanol–water partition coefficient (Wildman–Crippen LogP) is 3.62. The van der Waals surface area contributed by atoms with E-state index < -0.39 is 0 Å². The molecule has 1 aliphatic heterocycles. The summed E-state index contributed by atoms with van der Waals surface area (Å²) in [7, 11) is 0. The van der Waals surface area contributed by atoms with Crippen molar-refractivity contribution < 1.29 is 0 Å². The molecule has 0 aromatic rings. The van der Waals surface area contributed by atoms with Crippen LogP contribution >= 0.6 is 11.8 Å². The molecular weight excluding hydrogens is 264 g/mol. The molecule has 3 heteroatoms. The molecular formula is C17H34N2S. The van der Waals surface area contributed by atoms with Gasteiger partial charge in [-0.3, -0.25) is 0 Å². The van der Waals surface area contributed by atoms with Gasteiger partial charge in [0.05, 0.1) is 0 Å². The average molecular weight is 299 g/mol. The van der Waals surface area contributed by atoms with E-state index in [-0.39, 0.29) is 0 Å². The van der Waals surface area contributed by atoms with Crippen LogP contribution in [0.3, 0.4) is 0 Å². The van der Waals surface area contributed by atoms with Crippen molar-refractivity contribution in [3.8, 4) is 0 Å². The highest BCUT2D eigenvalue weighted by Crippen LogP contribution is 2.32. The maximum Gasteiger partial charge on any atom is 0.0149 e. The normalized spacial score (nSPS) is 39.9. The molecule has 1 N–H and O–H groups in total. The summed E-state index contributed by atoms with van der Waals surface area (Å²) in [6.07, 6.45) is 5.49. The lowest BCUT2D eigenvalue weighted by molar-refractivity contribution is 0.143. The van der Waals surface area contributed by atoms with Crippen LogP contribution in [0.1, 0.15) is 53.4 Å². The summed E-state index contributed by atoms with van der Waals surface area (Å²) in [4.78, 5) is 2.75. The van der Waals surface area contributed by atoms with Gasteiger partial charge >= 0.3 is 0 Å². The van der Waals surface area contributed by atoms with Gasteiger partial charge in [0.2, 0.25) is 0 Å². The molecule has 0 amide bonds. The number of nitrogens with zero attached hydrogens (tertiary/aromatic N) is 1. The van der Waals surface area contributed by atoms with Crippen LogP contribution in [-0.2, 0) is 0 Å². The molecule has 0 aromatic heterocycles. The minimum Gasteiger partial charge on any atom is -0.314 e. The molecule has 5 atom stereocenters. The average Bonchev–Trinajstić information content (AvgIpc) is 2.36. The molecule has 118 valence electrons.